The van der Waals surface area contributed by atoms with E-state index in [1.807, 2.05) is 0 Å². The van der Waals surface area contributed by atoms with Gasteiger partial charge in [0.1, 0.15) is 7.11 Å². The van der Waals surface area contributed by atoms with Crippen LogP contribution in [0.1, 0.15) is 5.56 Å². The minimum Gasteiger partial charge on any atom is -0.399 e. The number of rotatable bonds is 3. The molecule has 0 spiro atoms. The van der Waals surface area contributed by atoms with Gasteiger partial charge in [0.15, 0.2) is 5.84 Å². The summed E-state index contributed by atoms with van der Waals surface area (Å²) >= 11 is 0. The molecule has 1 rings (SSSR count). The lowest BCUT2D eigenvalue weighted by Crippen LogP contribution is -1.97. The van der Waals surface area contributed by atoms with Crippen molar-refractivity contribution in [3.05, 3.63) is 50.4 Å². The number of nitro groups is 1. The Morgan fingerprint density at radius 1 is 1.50 bits per heavy atom. The maximum atomic E-state index is 10.4. The lowest BCUT2D eigenvalue weighted by molar-refractivity contribution is -0.384. The predicted molar refractivity (Wildman–Crippen MR) is 55.8 cm³/mol. The van der Waals surface area contributed by atoms with Crippen molar-refractivity contribution in [1.82, 2.24) is 0 Å². The highest BCUT2D eigenvalue weighted by Crippen LogP contribution is 2.13. The summed E-state index contributed by atoms with van der Waals surface area (Å²) in [6.45, 7) is 0. The van der Waals surface area contributed by atoms with Crippen LogP contribution in [0.15, 0.2) is 34.5 Å². The van der Waals surface area contributed by atoms with Gasteiger partial charge in [0.05, 0.1) is 4.92 Å². The Morgan fingerprint density at radius 2 is 2.12 bits per heavy atom. The highest BCUT2D eigenvalue weighted by Gasteiger charge is 2.07. The Balaban J connectivity index is 3.08. The number of hydrogen-bond acceptors (Lipinski definition) is 4. The van der Waals surface area contributed by atoms with E-state index in [0.717, 1.165) is 0 Å². The van der Waals surface area contributed by atoms with Crippen LogP contribution >= 0.6 is 0 Å². The van der Waals surface area contributed by atoms with Crippen molar-refractivity contribution in [2.24, 2.45) is 10.3 Å². The molecule has 0 unspecified atom stereocenters. The van der Waals surface area contributed by atoms with Gasteiger partial charge in [-0.05, 0) is 22.8 Å². The Kier molecular flexibility index (Phi) is 3.82. The van der Waals surface area contributed by atoms with E-state index in [4.69, 9.17) is 5.53 Å². The molecule has 0 heterocycles. The van der Waals surface area contributed by atoms with Gasteiger partial charge in [-0.1, -0.05) is 5.16 Å². The van der Waals surface area contributed by atoms with Crippen molar-refractivity contribution < 1.29 is 9.76 Å². The minimum absolute atomic E-state index is 0.0138. The summed E-state index contributed by atoms with van der Waals surface area (Å²) in [5, 5.41) is 17.2. The second-order valence-corrected chi connectivity index (χ2v) is 2.59. The first kappa shape index (κ1) is 11.5. The zero-order valence-electron chi connectivity index (χ0n) is 8.27. The molecule has 1 aromatic carbocycles. The standard InChI is InChI=1S/C8H7N5O3/c1-16-11-8(10-12-9)6-2-4-7(5-3-6)13(14)15/h2-5H,1H3. The number of benzene rings is 1. The summed E-state index contributed by atoms with van der Waals surface area (Å²) in [4.78, 5) is 16.9. The fourth-order valence-corrected chi connectivity index (χ4v) is 0.990. The zero-order chi connectivity index (χ0) is 12.0. The molecule has 8 nitrogen and oxygen atoms in total. The average Bonchev–Trinajstić information content (AvgIpc) is 2.29. The fraction of sp³-hybridized carbons (Fsp3) is 0.125. The first-order chi connectivity index (χ1) is 7.69. The lowest BCUT2D eigenvalue weighted by atomic mass is 10.2. The highest BCUT2D eigenvalue weighted by molar-refractivity contribution is 5.99. The smallest absolute Gasteiger partial charge is 0.269 e. The van der Waals surface area contributed by atoms with Crippen molar-refractivity contribution >= 4 is 11.5 Å². The van der Waals surface area contributed by atoms with E-state index in [1.165, 1.54) is 31.4 Å². The molecular formula is C8H7N5O3. The first-order valence-electron chi connectivity index (χ1n) is 4.10. The molecule has 0 radical (unpaired) electrons. The molecule has 0 amide bonds. The quantitative estimate of drug-likeness (QED) is 0.148. The van der Waals surface area contributed by atoms with Crippen molar-refractivity contribution in [2.45, 2.75) is 0 Å². The molecule has 0 aliphatic heterocycles. The van der Waals surface area contributed by atoms with Crippen LogP contribution in [0, 0.1) is 10.1 Å². The van der Waals surface area contributed by atoms with Crippen LogP contribution in [0.25, 0.3) is 10.4 Å². The van der Waals surface area contributed by atoms with Gasteiger partial charge in [-0.15, -0.1) is 0 Å². The number of amidine groups is 1. The molecule has 82 valence electrons. The summed E-state index contributed by atoms with van der Waals surface area (Å²) in [5.74, 6) is 0.0138. The number of nitro benzene ring substituents is 1. The van der Waals surface area contributed by atoms with E-state index in [0.29, 0.717) is 5.56 Å². The van der Waals surface area contributed by atoms with Gasteiger partial charge in [-0.25, -0.2) is 0 Å². The van der Waals surface area contributed by atoms with E-state index >= 15 is 0 Å². The predicted octanol–water partition coefficient (Wildman–Crippen LogP) is 2.21. The van der Waals surface area contributed by atoms with E-state index in [-0.39, 0.29) is 11.5 Å². The van der Waals surface area contributed by atoms with Crippen LogP contribution < -0.4 is 0 Å². The van der Waals surface area contributed by atoms with Gasteiger partial charge in [0, 0.05) is 22.6 Å². The number of hydrogen-bond donors (Lipinski definition) is 0. The monoisotopic (exact) mass is 221 g/mol. The molecule has 0 aromatic heterocycles. The number of nitrogens with zero attached hydrogens (tertiary/aromatic N) is 5. The number of oxime groups is 1. The largest absolute Gasteiger partial charge is 0.399 e. The van der Waals surface area contributed by atoms with Crippen molar-refractivity contribution in [3.8, 4) is 0 Å². The average molecular weight is 221 g/mol. The summed E-state index contributed by atoms with van der Waals surface area (Å²) in [6, 6.07) is 5.41. The Labute approximate surface area is 89.9 Å². The third-order valence-electron chi connectivity index (χ3n) is 1.65. The Hall–Kier alpha value is -2.60. The molecule has 0 fully saturated rings. The summed E-state index contributed by atoms with van der Waals surface area (Å²) in [7, 11) is 1.30. The van der Waals surface area contributed by atoms with Gasteiger partial charge >= 0.3 is 0 Å². The van der Waals surface area contributed by atoms with Crippen LogP contribution in [0.3, 0.4) is 0 Å². The van der Waals surface area contributed by atoms with E-state index < -0.39 is 4.92 Å². The van der Waals surface area contributed by atoms with Gasteiger partial charge in [-0.3, -0.25) is 10.1 Å². The summed E-state index contributed by atoms with van der Waals surface area (Å²) < 4.78 is 0. The van der Waals surface area contributed by atoms with E-state index in [9.17, 15) is 10.1 Å². The van der Waals surface area contributed by atoms with Gasteiger partial charge in [0.2, 0.25) is 0 Å². The third kappa shape index (κ3) is 2.69. The highest BCUT2D eigenvalue weighted by atomic mass is 16.6. The van der Waals surface area contributed by atoms with Gasteiger partial charge < -0.3 is 4.84 Å². The number of non-ortho nitro benzene ring substituents is 1. The van der Waals surface area contributed by atoms with Crippen LogP contribution in [-0.2, 0) is 4.84 Å². The zero-order valence-corrected chi connectivity index (χ0v) is 8.27. The second kappa shape index (κ2) is 5.32. The van der Waals surface area contributed by atoms with Crippen LogP contribution in [0.5, 0.6) is 0 Å². The molecular weight excluding hydrogens is 214 g/mol. The van der Waals surface area contributed by atoms with Crippen molar-refractivity contribution in [3.63, 3.8) is 0 Å². The van der Waals surface area contributed by atoms with Crippen molar-refractivity contribution in [1.29, 1.82) is 0 Å². The van der Waals surface area contributed by atoms with Gasteiger partial charge in [-0.2, -0.15) is 0 Å². The van der Waals surface area contributed by atoms with Crippen LogP contribution in [0.4, 0.5) is 5.69 Å². The molecule has 0 saturated carbocycles. The topological polar surface area (TPSA) is 113 Å². The molecule has 8 heteroatoms. The summed E-state index contributed by atoms with van der Waals surface area (Å²) in [6.07, 6.45) is 0. The Bertz CT molecular complexity index is 461. The minimum atomic E-state index is -0.523. The third-order valence-corrected chi connectivity index (χ3v) is 1.65. The maximum absolute atomic E-state index is 10.4. The molecule has 0 aliphatic carbocycles. The van der Waals surface area contributed by atoms with E-state index in [1.54, 1.807) is 0 Å². The summed E-state index contributed by atoms with van der Waals surface area (Å²) in [5.41, 5.74) is 8.66. The molecule has 1 aromatic rings. The Morgan fingerprint density at radius 3 is 2.56 bits per heavy atom. The molecule has 16 heavy (non-hydrogen) atoms. The van der Waals surface area contributed by atoms with E-state index in [2.05, 4.69) is 20.0 Å². The van der Waals surface area contributed by atoms with Gasteiger partial charge in [0.25, 0.3) is 5.69 Å². The molecule has 0 saturated heterocycles. The maximum Gasteiger partial charge on any atom is 0.269 e. The second-order valence-electron chi connectivity index (χ2n) is 2.59. The molecule has 0 atom stereocenters. The molecule has 0 bridgehead atoms. The molecule has 0 N–H and O–H groups in total. The van der Waals surface area contributed by atoms with Crippen LogP contribution in [-0.4, -0.2) is 17.9 Å². The molecule has 0 aliphatic rings. The SMILES string of the molecule is CON=C(N=[N+]=[N-])c1ccc([N+](=O)[O-])cc1. The van der Waals surface area contributed by atoms with Crippen LogP contribution in [0.2, 0.25) is 0 Å². The van der Waals surface area contributed by atoms with Crippen molar-refractivity contribution in [2.75, 3.05) is 7.11 Å². The number of azide groups is 1. The lowest BCUT2D eigenvalue weighted by Gasteiger charge is -1.98. The fourth-order valence-electron chi connectivity index (χ4n) is 0.990. The first-order valence-corrected chi connectivity index (χ1v) is 4.10. The normalized spacial score (nSPS) is 10.4.